The number of nitrogens with one attached hydrogen (secondary N) is 1. The van der Waals surface area contributed by atoms with Crippen LogP contribution in [-0.2, 0) is 9.53 Å². The lowest BCUT2D eigenvalue weighted by Crippen LogP contribution is -2.30. The summed E-state index contributed by atoms with van der Waals surface area (Å²) in [6.45, 7) is 5.04. The van der Waals surface area contributed by atoms with Gasteiger partial charge >= 0.3 is 0 Å². The number of hydrogen-bond acceptors (Lipinski definition) is 3. The topological polar surface area (TPSA) is 55.4 Å². The Hall–Kier alpha value is -1.68. The summed E-state index contributed by atoms with van der Waals surface area (Å²) in [5.41, 5.74) is 1.71. The first kappa shape index (κ1) is 15.7. The van der Waals surface area contributed by atoms with Gasteiger partial charge in [-0.2, -0.15) is 0 Å². The van der Waals surface area contributed by atoms with Crippen LogP contribution >= 0.6 is 0 Å². The SMILES string of the molecule is CC(=O)c1ccc(C(C)NC(=O)CC2CCOCC2)cc1. The molecule has 1 amide bonds. The van der Waals surface area contributed by atoms with Crippen molar-refractivity contribution in [2.45, 2.75) is 39.2 Å². The fraction of sp³-hybridized carbons (Fsp3) is 0.529. The first-order valence-corrected chi connectivity index (χ1v) is 7.54. The van der Waals surface area contributed by atoms with Crippen molar-refractivity contribution < 1.29 is 14.3 Å². The van der Waals surface area contributed by atoms with Crippen molar-refractivity contribution >= 4 is 11.7 Å². The molecular weight excluding hydrogens is 266 g/mol. The molecule has 1 N–H and O–H groups in total. The Morgan fingerprint density at radius 1 is 1.24 bits per heavy atom. The number of Topliss-reactive ketones (excluding diaryl/α,β-unsaturated/α-hetero) is 1. The lowest BCUT2D eigenvalue weighted by atomic mass is 9.96. The minimum absolute atomic E-state index is 0.0432. The maximum atomic E-state index is 12.1. The zero-order valence-corrected chi connectivity index (χ0v) is 12.7. The molecule has 1 aliphatic heterocycles. The molecule has 0 saturated carbocycles. The zero-order chi connectivity index (χ0) is 15.2. The van der Waals surface area contributed by atoms with Crippen molar-refractivity contribution in [2.75, 3.05) is 13.2 Å². The van der Waals surface area contributed by atoms with Crippen LogP contribution in [-0.4, -0.2) is 24.9 Å². The third kappa shape index (κ3) is 4.67. The number of carbonyl (C=O) groups is 2. The highest BCUT2D eigenvalue weighted by Crippen LogP contribution is 2.19. The summed E-state index contributed by atoms with van der Waals surface area (Å²) >= 11 is 0. The van der Waals surface area contributed by atoms with Crippen molar-refractivity contribution in [1.29, 1.82) is 0 Å². The Morgan fingerprint density at radius 2 is 1.86 bits per heavy atom. The highest BCUT2D eigenvalue weighted by molar-refractivity contribution is 5.94. The monoisotopic (exact) mass is 289 g/mol. The van der Waals surface area contributed by atoms with Crippen molar-refractivity contribution in [3.05, 3.63) is 35.4 Å². The second kappa shape index (κ2) is 7.36. The molecule has 0 aliphatic carbocycles. The van der Waals surface area contributed by atoms with Crippen LogP contribution in [0.15, 0.2) is 24.3 Å². The number of rotatable bonds is 5. The predicted octanol–water partition coefficient (Wildman–Crippen LogP) is 2.88. The van der Waals surface area contributed by atoms with E-state index in [4.69, 9.17) is 4.74 Å². The molecular formula is C17H23NO3. The van der Waals surface area contributed by atoms with Crippen LogP contribution in [0.4, 0.5) is 0 Å². The second-order valence-electron chi connectivity index (χ2n) is 5.73. The molecule has 0 bridgehead atoms. The van der Waals surface area contributed by atoms with Gasteiger partial charge in [0.1, 0.15) is 0 Å². The molecule has 0 radical (unpaired) electrons. The van der Waals surface area contributed by atoms with Crippen LogP contribution in [0.3, 0.4) is 0 Å². The highest BCUT2D eigenvalue weighted by atomic mass is 16.5. The highest BCUT2D eigenvalue weighted by Gasteiger charge is 2.18. The Morgan fingerprint density at radius 3 is 2.43 bits per heavy atom. The Bertz CT molecular complexity index is 489. The largest absolute Gasteiger partial charge is 0.381 e. The first-order chi connectivity index (χ1) is 10.1. The fourth-order valence-corrected chi connectivity index (χ4v) is 2.60. The van der Waals surface area contributed by atoms with Crippen LogP contribution in [0.1, 0.15) is 55.1 Å². The van der Waals surface area contributed by atoms with E-state index in [0.29, 0.717) is 17.9 Å². The van der Waals surface area contributed by atoms with Crippen LogP contribution in [0, 0.1) is 5.92 Å². The number of hydrogen-bond donors (Lipinski definition) is 1. The minimum atomic E-state index is -0.0432. The fourth-order valence-electron chi connectivity index (χ4n) is 2.60. The molecule has 1 aromatic rings. The van der Waals surface area contributed by atoms with E-state index >= 15 is 0 Å². The van der Waals surface area contributed by atoms with Crippen LogP contribution in [0.5, 0.6) is 0 Å². The molecule has 1 heterocycles. The van der Waals surface area contributed by atoms with Gasteiger partial charge in [0.15, 0.2) is 5.78 Å². The van der Waals surface area contributed by atoms with E-state index in [1.165, 1.54) is 0 Å². The Labute approximate surface area is 125 Å². The average molecular weight is 289 g/mol. The molecule has 1 aliphatic rings. The maximum Gasteiger partial charge on any atom is 0.220 e. The number of ketones is 1. The lowest BCUT2D eigenvalue weighted by Gasteiger charge is -2.22. The normalized spacial score (nSPS) is 17.2. The van der Waals surface area contributed by atoms with Crippen LogP contribution < -0.4 is 5.32 Å². The molecule has 0 aromatic heterocycles. The third-order valence-electron chi connectivity index (χ3n) is 4.01. The summed E-state index contributed by atoms with van der Waals surface area (Å²) in [4.78, 5) is 23.3. The Balaban J connectivity index is 1.86. The van der Waals surface area contributed by atoms with Crippen molar-refractivity contribution in [1.82, 2.24) is 5.32 Å². The molecule has 0 spiro atoms. The van der Waals surface area contributed by atoms with Gasteiger partial charge in [-0.15, -0.1) is 0 Å². The van der Waals surface area contributed by atoms with Crippen LogP contribution in [0.25, 0.3) is 0 Å². The van der Waals surface area contributed by atoms with Gasteiger partial charge in [0.2, 0.25) is 5.91 Å². The van der Waals surface area contributed by atoms with E-state index in [9.17, 15) is 9.59 Å². The molecule has 1 saturated heterocycles. The molecule has 1 unspecified atom stereocenters. The Kier molecular flexibility index (Phi) is 5.51. The van der Waals surface area contributed by atoms with Gasteiger partial charge in [-0.05, 0) is 38.2 Å². The van der Waals surface area contributed by atoms with Gasteiger partial charge in [0.05, 0.1) is 6.04 Å². The summed E-state index contributed by atoms with van der Waals surface area (Å²) < 4.78 is 5.30. The number of carbonyl (C=O) groups excluding carboxylic acids is 2. The molecule has 114 valence electrons. The van der Waals surface area contributed by atoms with Gasteiger partial charge in [-0.1, -0.05) is 24.3 Å². The standard InChI is InChI=1S/C17H23NO3/c1-12(15-3-5-16(6-4-15)13(2)19)18-17(20)11-14-7-9-21-10-8-14/h3-6,12,14H,7-11H2,1-2H3,(H,18,20). The van der Waals surface area contributed by atoms with Gasteiger partial charge < -0.3 is 10.1 Å². The van der Waals surface area contributed by atoms with Crippen molar-refractivity contribution in [3.63, 3.8) is 0 Å². The number of amides is 1. The summed E-state index contributed by atoms with van der Waals surface area (Å²) in [6, 6.07) is 7.36. The molecule has 21 heavy (non-hydrogen) atoms. The van der Waals surface area contributed by atoms with Crippen molar-refractivity contribution in [2.24, 2.45) is 5.92 Å². The number of ether oxygens (including phenoxy) is 1. The van der Waals surface area contributed by atoms with Crippen LogP contribution in [0.2, 0.25) is 0 Å². The van der Waals surface area contributed by atoms with Gasteiger partial charge in [0.25, 0.3) is 0 Å². The summed E-state index contributed by atoms with van der Waals surface area (Å²) in [7, 11) is 0. The molecule has 4 nitrogen and oxygen atoms in total. The van der Waals surface area contributed by atoms with E-state index in [1.54, 1.807) is 19.1 Å². The molecule has 1 atom stereocenters. The minimum Gasteiger partial charge on any atom is -0.381 e. The summed E-state index contributed by atoms with van der Waals surface area (Å²) in [5.74, 6) is 0.578. The first-order valence-electron chi connectivity index (χ1n) is 7.54. The molecule has 1 fully saturated rings. The van der Waals surface area contributed by atoms with E-state index in [2.05, 4.69) is 5.32 Å². The molecule has 1 aromatic carbocycles. The summed E-state index contributed by atoms with van der Waals surface area (Å²) in [5, 5.41) is 3.03. The van der Waals surface area contributed by atoms with E-state index in [1.807, 2.05) is 19.1 Å². The smallest absolute Gasteiger partial charge is 0.220 e. The van der Waals surface area contributed by atoms with E-state index in [-0.39, 0.29) is 17.7 Å². The third-order valence-corrected chi connectivity index (χ3v) is 4.01. The van der Waals surface area contributed by atoms with E-state index < -0.39 is 0 Å². The van der Waals surface area contributed by atoms with Crippen molar-refractivity contribution in [3.8, 4) is 0 Å². The van der Waals surface area contributed by atoms with E-state index in [0.717, 1.165) is 31.6 Å². The molecule has 2 rings (SSSR count). The summed E-state index contributed by atoms with van der Waals surface area (Å²) in [6.07, 6.45) is 2.50. The second-order valence-corrected chi connectivity index (χ2v) is 5.73. The maximum absolute atomic E-state index is 12.1. The van der Waals surface area contributed by atoms with Gasteiger partial charge in [0, 0.05) is 25.2 Å². The lowest BCUT2D eigenvalue weighted by molar-refractivity contribution is -0.123. The molecule has 4 heteroatoms. The quantitative estimate of drug-likeness (QED) is 0.848. The van der Waals surface area contributed by atoms with Gasteiger partial charge in [-0.25, -0.2) is 0 Å². The number of benzene rings is 1. The van der Waals surface area contributed by atoms with Gasteiger partial charge in [-0.3, -0.25) is 9.59 Å². The average Bonchev–Trinajstić information content (AvgIpc) is 2.48. The predicted molar refractivity (Wildman–Crippen MR) is 81.2 cm³/mol. The zero-order valence-electron chi connectivity index (χ0n) is 12.7.